The van der Waals surface area contributed by atoms with E-state index in [1.54, 1.807) is 32.0 Å². The first kappa shape index (κ1) is 14.8. The standard InChI is InChI=1S/C17H14N2O4/c1-10-7-8-12(9-14(10)19(21)22)18-17(20)16-11(2)13-5-3-4-6-15(13)23-16/h3-9H,1-2H3,(H,18,20). The lowest BCUT2D eigenvalue weighted by molar-refractivity contribution is -0.385. The molecule has 3 aromatic rings. The molecule has 6 nitrogen and oxygen atoms in total. The molecule has 2 aromatic carbocycles. The number of nitrogens with zero attached hydrogens (tertiary/aromatic N) is 1. The lowest BCUT2D eigenvalue weighted by Crippen LogP contribution is -2.12. The van der Waals surface area contributed by atoms with Crippen molar-refractivity contribution < 1.29 is 14.1 Å². The second kappa shape index (κ2) is 5.57. The van der Waals surface area contributed by atoms with E-state index in [1.807, 2.05) is 18.2 Å². The Labute approximate surface area is 131 Å². The fourth-order valence-electron chi connectivity index (χ4n) is 2.46. The molecule has 1 aromatic heterocycles. The highest BCUT2D eigenvalue weighted by molar-refractivity contribution is 6.06. The molecule has 0 bridgehead atoms. The van der Waals surface area contributed by atoms with Crippen molar-refractivity contribution in [1.29, 1.82) is 0 Å². The topological polar surface area (TPSA) is 85.4 Å². The maximum atomic E-state index is 12.4. The molecule has 1 N–H and O–H groups in total. The van der Waals surface area contributed by atoms with Gasteiger partial charge in [-0.3, -0.25) is 14.9 Å². The molecular weight excluding hydrogens is 296 g/mol. The number of hydrogen-bond donors (Lipinski definition) is 1. The van der Waals surface area contributed by atoms with Crippen molar-refractivity contribution in [3.8, 4) is 0 Å². The minimum atomic E-state index is -0.475. The van der Waals surface area contributed by atoms with Gasteiger partial charge in [-0.1, -0.05) is 24.3 Å². The number of carbonyl (C=O) groups is 1. The summed E-state index contributed by atoms with van der Waals surface area (Å²) in [4.78, 5) is 22.9. The fourth-order valence-corrected chi connectivity index (χ4v) is 2.46. The van der Waals surface area contributed by atoms with Gasteiger partial charge in [0.05, 0.1) is 4.92 Å². The number of nitro benzene ring substituents is 1. The van der Waals surface area contributed by atoms with Crippen molar-refractivity contribution in [3.05, 3.63) is 69.5 Å². The lowest BCUT2D eigenvalue weighted by atomic mass is 10.1. The molecule has 0 aliphatic carbocycles. The SMILES string of the molecule is Cc1ccc(NC(=O)c2oc3ccccc3c2C)cc1[N+](=O)[O-]. The molecule has 0 saturated carbocycles. The van der Waals surface area contributed by atoms with Crippen LogP contribution in [0.4, 0.5) is 11.4 Å². The zero-order chi connectivity index (χ0) is 16.6. The highest BCUT2D eigenvalue weighted by atomic mass is 16.6. The van der Waals surface area contributed by atoms with Gasteiger partial charge in [0.25, 0.3) is 11.6 Å². The molecule has 0 saturated heterocycles. The van der Waals surface area contributed by atoms with E-state index >= 15 is 0 Å². The highest BCUT2D eigenvalue weighted by Gasteiger charge is 2.19. The summed E-state index contributed by atoms with van der Waals surface area (Å²) in [5, 5.41) is 14.5. The summed E-state index contributed by atoms with van der Waals surface area (Å²) in [5.41, 5.74) is 2.22. The molecule has 116 valence electrons. The van der Waals surface area contributed by atoms with Gasteiger partial charge in [0.1, 0.15) is 5.58 Å². The number of anilines is 1. The summed E-state index contributed by atoms with van der Waals surface area (Å²) in [6.45, 7) is 3.45. The van der Waals surface area contributed by atoms with E-state index in [1.165, 1.54) is 6.07 Å². The third-order valence-corrected chi connectivity index (χ3v) is 3.71. The Bertz CT molecular complexity index is 927. The van der Waals surface area contributed by atoms with E-state index in [4.69, 9.17) is 4.42 Å². The summed E-state index contributed by atoms with van der Waals surface area (Å²) >= 11 is 0. The van der Waals surface area contributed by atoms with E-state index in [9.17, 15) is 14.9 Å². The molecule has 0 radical (unpaired) electrons. The van der Waals surface area contributed by atoms with E-state index in [0.29, 0.717) is 16.8 Å². The van der Waals surface area contributed by atoms with Gasteiger partial charge in [0.2, 0.25) is 0 Å². The number of amides is 1. The summed E-state index contributed by atoms with van der Waals surface area (Å²) in [7, 11) is 0. The van der Waals surface area contributed by atoms with E-state index in [-0.39, 0.29) is 11.4 Å². The van der Waals surface area contributed by atoms with Gasteiger partial charge in [0.15, 0.2) is 5.76 Å². The van der Waals surface area contributed by atoms with Crippen molar-refractivity contribution in [2.45, 2.75) is 13.8 Å². The number of rotatable bonds is 3. The van der Waals surface area contributed by atoms with Gasteiger partial charge in [-0.2, -0.15) is 0 Å². The van der Waals surface area contributed by atoms with Crippen LogP contribution in [0.15, 0.2) is 46.9 Å². The van der Waals surface area contributed by atoms with Crippen LogP contribution in [0, 0.1) is 24.0 Å². The van der Waals surface area contributed by atoms with E-state index < -0.39 is 10.8 Å². The van der Waals surface area contributed by atoms with Crippen molar-refractivity contribution in [2.24, 2.45) is 0 Å². The number of benzene rings is 2. The molecule has 1 heterocycles. The van der Waals surface area contributed by atoms with E-state index in [2.05, 4.69) is 5.32 Å². The smallest absolute Gasteiger partial charge is 0.291 e. The zero-order valence-electron chi connectivity index (χ0n) is 12.6. The Morgan fingerprint density at radius 3 is 2.61 bits per heavy atom. The van der Waals surface area contributed by atoms with Crippen LogP contribution in [-0.2, 0) is 0 Å². The monoisotopic (exact) mass is 310 g/mol. The van der Waals surface area contributed by atoms with Crippen LogP contribution >= 0.6 is 0 Å². The summed E-state index contributed by atoms with van der Waals surface area (Å²) < 4.78 is 5.59. The Morgan fingerprint density at radius 1 is 1.17 bits per heavy atom. The van der Waals surface area contributed by atoms with Crippen LogP contribution in [0.1, 0.15) is 21.7 Å². The first-order valence-electron chi connectivity index (χ1n) is 7.02. The number of nitrogens with one attached hydrogen (secondary N) is 1. The number of carbonyl (C=O) groups excluding carboxylic acids is 1. The minimum absolute atomic E-state index is 0.0378. The molecule has 0 fully saturated rings. The number of furan rings is 1. The molecule has 0 atom stereocenters. The van der Waals surface area contributed by atoms with Gasteiger partial charge in [-0.25, -0.2) is 0 Å². The van der Waals surface area contributed by atoms with Crippen LogP contribution in [0.2, 0.25) is 0 Å². The molecule has 6 heteroatoms. The number of nitro groups is 1. The quantitative estimate of drug-likeness (QED) is 0.580. The predicted octanol–water partition coefficient (Wildman–Crippen LogP) is 4.21. The van der Waals surface area contributed by atoms with E-state index in [0.717, 1.165) is 10.9 Å². The first-order chi connectivity index (χ1) is 11.0. The van der Waals surface area contributed by atoms with Crippen LogP contribution < -0.4 is 5.32 Å². The average molecular weight is 310 g/mol. The zero-order valence-corrected chi connectivity index (χ0v) is 12.6. The maximum Gasteiger partial charge on any atom is 0.291 e. The van der Waals surface area contributed by atoms with Gasteiger partial charge in [-0.05, 0) is 26.0 Å². The predicted molar refractivity (Wildman–Crippen MR) is 86.7 cm³/mol. The van der Waals surface area contributed by atoms with Crippen LogP contribution in [0.25, 0.3) is 11.0 Å². The van der Waals surface area contributed by atoms with Crippen LogP contribution in [-0.4, -0.2) is 10.8 Å². The second-order valence-electron chi connectivity index (χ2n) is 5.26. The van der Waals surface area contributed by atoms with Gasteiger partial charge < -0.3 is 9.73 Å². The molecular formula is C17H14N2O4. The first-order valence-corrected chi connectivity index (χ1v) is 7.02. The number of hydrogen-bond acceptors (Lipinski definition) is 4. The van der Waals surface area contributed by atoms with Crippen LogP contribution in [0.5, 0.6) is 0 Å². The van der Waals surface area contributed by atoms with Crippen molar-refractivity contribution in [3.63, 3.8) is 0 Å². The molecule has 0 unspecified atom stereocenters. The normalized spacial score (nSPS) is 10.7. The Morgan fingerprint density at radius 2 is 1.91 bits per heavy atom. The third kappa shape index (κ3) is 2.66. The minimum Gasteiger partial charge on any atom is -0.451 e. The summed E-state index contributed by atoms with van der Waals surface area (Å²) in [6.07, 6.45) is 0. The summed E-state index contributed by atoms with van der Waals surface area (Å²) in [5.74, 6) is -0.230. The van der Waals surface area contributed by atoms with Gasteiger partial charge >= 0.3 is 0 Å². The Kier molecular flexibility index (Phi) is 3.57. The Hall–Kier alpha value is -3.15. The maximum absolute atomic E-state index is 12.4. The fraction of sp³-hybridized carbons (Fsp3) is 0.118. The molecule has 0 spiro atoms. The molecule has 3 rings (SSSR count). The van der Waals surface area contributed by atoms with Crippen molar-refractivity contribution in [2.75, 3.05) is 5.32 Å². The lowest BCUT2D eigenvalue weighted by Gasteiger charge is -2.05. The molecule has 0 aliphatic heterocycles. The molecule has 0 aliphatic rings. The van der Waals surface area contributed by atoms with Gasteiger partial charge in [-0.15, -0.1) is 0 Å². The van der Waals surface area contributed by atoms with Crippen molar-refractivity contribution >= 4 is 28.3 Å². The van der Waals surface area contributed by atoms with Crippen LogP contribution in [0.3, 0.4) is 0 Å². The average Bonchev–Trinajstić information content (AvgIpc) is 2.86. The number of para-hydroxylation sites is 1. The largest absolute Gasteiger partial charge is 0.451 e. The third-order valence-electron chi connectivity index (χ3n) is 3.71. The molecule has 1 amide bonds. The second-order valence-corrected chi connectivity index (χ2v) is 5.26. The van der Waals surface area contributed by atoms with Crippen molar-refractivity contribution in [1.82, 2.24) is 0 Å². The Balaban J connectivity index is 1.93. The molecule has 23 heavy (non-hydrogen) atoms. The highest BCUT2D eigenvalue weighted by Crippen LogP contribution is 2.27. The number of fused-ring (bicyclic) bond motifs is 1. The van der Waals surface area contributed by atoms with Gasteiger partial charge in [0, 0.05) is 28.3 Å². The number of aryl methyl sites for hydroxylation is 2. The summed E-state index contributed by atoms with van der Waals surface area (Å²) in [6, 6.07) is 11.9.